The van der Waals surface area contributed by atoms with E-state index in [1.807, 2.05) is 0 Å². The number of aromatic nitrogens is 2. The molecule has 3 rings (SSSR count). The van der Waals surface area contributed by atoms with E-state index in [1.54, 1.807) is 6.08 Å². The summed E-state index contributed by atoms with van der Waals surface area (Å²) >= 11 is 3.30. The zero-order valence-electron chi connectivity index (χ0n) is 13.9. The van der Waals surface area contributed by atoms with Gasteiger partial charge in [-0.1, -0.05) is 22.0 Å². The molecule has 0 saturated carbocycles. The molecule has 0 bridgehead atoms. The number of hydrogen-bond donors (Lipinski definition) is 3. The number of carbonyl (C=O) groups excluding carboxylic acids is 1. The first kappa shape index (κ1) is 18.1. The Balaban J connectivity index is 2.15. The second-order valence-electron chi connectivity index (χ2n) is 6.13. The van der Waals surface area contributed by atoms with Crippen molar-refractivity contribution in [3.8, 4) is 6.07 Å². The van der Waals surface area contributed by atoms with Gasteiger partial charge in [-0.15, -0.1) is 0 Å². The Morgan fingerprint density at radius 1 is 1.40 bits per heavy atom. The lowest BCUT2D eigenvalue weighted by molar-refractivity contribution is -0.119. The number of nitrogens with one attached hydrogen (secondary N) is 3. The third kappa shape index (κ3) is 3.37. The molecule has 2 atom stereocenters. The summed E-state index contributed by atoms with van der Waals surface area (Å²) in [6.45, 7) is 3.48. The van der Waals surface area contributed by atoms with E-state index in [0.717, 1.165) is 24.3 Å². The van der Waals surface area contributed by atoms with Crippen molar-refractivity contribution in [1.29, 1.82) is 5.26 Å². The van der Waals surface area contributed by atoms with E-state index < -0.39 is 5.41 Å². The summed E-state index contributed by atoms with van der Waals surface area (Å²) < 4.78 is 0. The van der Waals surface area contributed by atoms with Gasteiger partial charge in [0.05, 0.1) is 23.5 Å². The molecule has 0 amide bonds. The molecule has 2 unspecified atom stereocenters. The summed E-state index contributed by atoms with van der Waals surface area (Å²) in [5.74, 6) is -0.241. The first-order valence-electron chi connectivity index (χ1n) is 8.40. The number of nitriles is 1. The maximum absolute atomic E-state index is 13.2. The third-order valence-corrected chi connectivity index (χ3v) is 5.11. The van der Waals surface area contributed by atoms with Crippen molar-refractivity contribution in [3.63, 3.8) is 0 Å². The summed E-state index contributed by atoms with van der Waals surface area (Å²) in [7, 11) is 0. The van der Waals surface area contributed by atoms with Crippen molar-refractivity contribution in [2.75, 3.05) is 31.5 Å². The molecule has 0 aromatic carbocycles. The number of ketones is 1. The zero-order chi connectivity index (χ0) is 17.7. The molecule has 25 heavy (non-hydrogen) atoms. The van der Waals surface area contributed by atoms with Crippen molar-refractivity contribution in [3.05, 3.63) is 35.4 Å². The molecular formula is C17H21BrN6O. The summed E-state index contributed by atoms with van der Waals surface area (Å²) in [6.07, 6.45) is 5.39. The van der Waals surface area contributed by atoms with Crippen molar-refractivity contribution in [2.45, 2.75) is 24.4 Å². The van der Waals surface area contributed by atoms with Crippen LogP contribution >= 0.6 is 15.9 Å². The summed E-state index contributed by atoms with van der Waals surface area (Å²) in [5.41, 5.74) is 0.982. The number of halogens is 1. The molecule has 1 fully saturated rings. The quantitative estimate of drug-likeness (QED) is 0.467. The van der Waals surface area contributed by atoms with E-state index in [1.165, 1.54) is 12.4 Å². The number of allylic oxidation sites excluding steroid dienone is 2. The third-order valence-electron chi connectivity index (χ3n) is 4.74. The van der Waals surface area contributed by atoms with Crippen LogP contribution in [0.2, 0.25) is 0 Å². The number of carbonyl (C=O) groups is 1. The van der Waals surface area contributed by atoms with Crippen LogP contribution < -0.4 is 16.0 Å². The lowest BCUT2D eigenvalue weighted by Gasteiger charge is -2.37. The Bertz CT molecular complexity index is 710. The lowest BCUT2D eigenvalue weighted by atomic mass is 9.71. The SMILES string of the molecule is N#CC(C(=O)C=CCBr)(c1ncnc2c1CCNC2)C1CNCCN1. The van der Waals surface area contributed by atoms with Crippen LogP contribution in [0.1, 0.15) is 17.0 Å². The van der Waals surface area contributed by atoms with E-state index in [4.69, 9.17) is 0 Å². The van der Waals surface area contributed by atoms with Gasteiger partial charge in [-0.05, 0) is 19.0 Å². The molecule has 1 aromatic heterocycles. The maximum atomic E-state index is 13.2. The van der Waals surface area contributed by atoms with Gasteiger partial charge in [-0.3, -0.25) is 4.79 Å². The van der Waals surface area contributed by atoms with E-state index in [-0.39, 0.29) is 11.8 Å². The molecule has 8 heteroatoms. The Hall–Kier alpha value is -1.66. The second kappa shape index (κ2) is 8.15. The number of hydrogen-bond acceptors (Lipinski definition) is 7. The average Bonchev–Trinajstić information content (AvgIpc) is 2.68. The second-order valence-corrected chi connectivity index (χ2v) is 6.77. The normalized spacial score (nSPS) is 22.8. The molecule has 1 aromatic rings. The molecule has 3 heterocycles. The predicted octanol–water partition coefficient (Wildman–Crippen LogP) is -0.0347. The minimum atomic E-state index is -1.36. The molecule has 3 N–H and O–H groups in total. The number of fused-ring (bicyclic) bond motifs is 1. The minimum Gasteiger partial charge on any atom is -0.314 e. The van der Waals surface area contributed by atoms with Gasteiger partial charge in [-0.2, -0.15) is 5.26 Å². The van der Waals surface area contributed by atoms with Crippen LogP contribution in [0.5, 0.6) is 0 Å². The highest BCUT2D eigenvalue weighted by Gasteiger charge is 2.50. The highest BCUT2D eigenvalue weighted by molar-refractivity contribution is 9.09. The summed E-state index contributed by atoms with van der Waals surface area (Å²) in [6, 6.07) is 1.99. The maximum Gasteiger partial charge on any atom is 0.183 e. The standard InChI is InChI=1S/C17H21BrN6O/c18-4-1-2-15(25)17(10-19,14-9-21-6-7-22-14)16-12-3-5-20-8-13(12)23-11-24-16/h1-2,11,14,20-22H,3-9H2. The van der Waals surface area contributed by atoms with Crippen LogP contribution in [0.4, 0.5) is 0 Å². The van der Waals surface area contributed by atoms with Crippen molar-refractivity contribution in [2.24, 2.45) is 0 Å². The fraction of sp³-hybridized carbons (Fsp3) is 0.529. The van der Waals surface area contributed by atoms with Gasteiger partial charge in [0, 0.05) is 37.1 Å². The molecule has 2 aliphatic heterocycles. The monoisotopic (exact) mass is 404 g/mol. The zero-order valence-corrected chi connectivity index (χ0v) is 15.5. The molecule has 2 aliphatic rings. The van der Waals surface area contributed by atoms with Crippen LogP contribution in [0.3, 0.4) is 0 Å². The fourth-order valence-corrected chi connectivity index (χ4v) is 3.69. The van der Waals surface area contributed by atoms with Crippen molar-refractivity contribution >= 4 is 21.7 Å². The molecule has 0 spiro atoms. The Morgan fingerprint density at radius 3 is 3.00 bits per heavy atom. The van der Waals surface area contributed by atoms with E-state index in [9.17, 15) is 10.1 Å². The van der Waals surface area contributed by atoms with Crippen molar-refractivity contribution in [1.82, 2.24) is 25.9 Å². The number of nitrogens with zero attached hydrogens (tertiary/aromatic N) is 3. The number of piperazine rings is 1. The number of alkyl halides is 1. The van der Waals surface area contributed by atoms with Gasteiger partial charge in [-0.25, -0.2) is 9.97 Å². The van der Waals surface area contributed by atoms with Gasteiger partial charge in [0.2, 0.25) is 0 Å². The topological polar surface area (TPSA) is 103 Å². The molecule has 132 valence electrons. The highest BCUT2D eigenvalue weighted by atomic mass is 79.9. The minimum absolute atomic E-state index is 0.241. The van der Waals surface area contributed by atoms with Crippen LogP contribution in [-0.4, -0.2) is 53.3 Å². The van der Waals surface area contributed by atoms with Crippen molar-refractivity contribution < 1.29 is 4.79 Å². The van der Waals surface area contributed by atoms with Gasteiger partial charge < -0.3 is 16.0 Å². The van der Waals surface area contributed by atoms with E-state index >= 15 is 0 Å². The van der Waals surface area contributed by atoms with Crippen LogP contribution in [0.15, 0.2) is 18.5 Å². The highest BCUT2D eigenvalue weighted by Crippen LogP contribution is 2.33. The summed E-state index contributed by atoms with van der Waals surface area (Å²) in [5, 5.41) is 20.7. The first-order valence-corrected chi connectivity index (χ1v) is 9.52. The van der Waals surface area contributed by atoms with E-state index in [0.29, 0.717) is 37.1 Å². The van der Waals surface area contributed by atoms with E-state index in [2.05, 4.69) is 47.9 Å². The molecule has 0 radical (unpaired) electrons. The van der Waals surface area contributed by atoms with Crippen LogP contribution in [-0.2, 0) is 23.2 Å². The van der Waals surface area contributed by atoms with Gasteiger partial charge in [0.15, 0.2) is 11.2 Å². The van der Waals surface area contributed by atoms with Gasteiger partial charge >= 0.3 is 0 Å². The number of rotatable bonds is 5. The molecule has 0 aliphatic carbocycles. The molecular weight excluding hydrogens is 384 g/mol. The Kier molecular flexibility index (Phi) is 5.91. The van der Waals surface area contributed by atoms with Crippen LogP contribution in [0, 0.1) is 11.3 Å². The Labute approximate surface area is 155 Å². The summed E-state index contributed by atoms with van der Waals surface area (Å²) in [4.78, 5) is 21.9. The molecule has 1 saturated heterocycles. The largest absolute Gasteiger partial charge is 0.314 e. The van der Waals surface area contributed by atoms with Gasteiger partial charge in [0.25, 0.3) is 0 Å². The lowest BCUT2D eigenvalue weighted by Crippen LogP contribution is -2.61. The predicted molar refractivity (Wildman–Crippen MR) is 97.3 cm³/mol. The van der Waals surface area contributed by atoms with Crippen LogP contribution in [0.25, 0.3) is 0 Å². The first-order chi connectivity index (χ1) is 12.2. The molecule has 7 nitrogen and oxygen atoms in total. The van der Waals surface area contributed by atoms with Gasteiger partial charge in [0.1, 0.15) is 6.33 Å². The Morgan fingerprint density at radius 2 is 2.28 bits per heavy atom. The average molecular weight is 405 g/mol. The fourth-order valence-electron chi connectivity index (χ4n) is 3.51. The smallest absolute Gasteiger partial charge is 0.183 e.